The van der Waals surface area contributed by atoms with Gasteiger partial charge < -0.3 is 15.3 Å². The van der Waals surface area contributed by atoms with E-state index in [4.69, 9.17) is 28.9 Å². The van der Waals surface area contributed by atoms with Crippen LogP contribution in [0.15, 0.2) is 53.6 Å². The van der Waals surface area contributed by atoms with Crippen LogP contribution < -0.4 is 11.3 Å². The van der Waals surface area contributed by atoms with Crippen LogP contribution in [0.4, 0.5) is 14.5 Å². The number of fused-ring (bicyclic) bond motifs is 3. The second kappa shape index (κ2) is 8.20. The molecule has 5 aromatic rings. The number of nitrogens with zero attached hydrogens (tertiary/aromatic N) is 6. The molecule has 0 spiro atoms. The third-order valence-electron chi connectivity index (χ3n) is 7.19. The van der Waals surface area contributed by atoms with Crippen LogP contribution in [0.2, 0.25) is 10.2 Å². The highest BCUT2D eigenvalue weighted by molar-refractivity contribution is 6.32. The Bertz CT molecular complexity index is 1820. The molecule has 1 aliphatic heterocycles. The summed E-state index contributed by atoms with van der Waals surface area (Å²) in [6, 6.07) is 10.9. The zero-order valence-corrected chi connectivity index (χ0v) is 20.8. The Morgan fingerprint density at radius 2 is 1.89 bits per heavy atom. The van der Waals surface area contributed by atoms with E-state index < -0.39 is 17.7 Å². The number of nitrogen functional groups attached to an aromatic ring is 1. The number of hydrogen-bond donors (Lipinski definition) is 2. The number of imidazole rings is 1. The lowest BCUT2D eigenvalue weighted by Crippen LogP contribution is -2.26. The number of aromatic nitrogens is 7. The molecule has 1 saturated carbocycles. The third-order valence-corrected chi connectivity index (χ3v) is 7.70. The fraction of sp³-hybridized carbons (Fsp3) is 0.160. The number of halogens is 4. The number of tetrazole rings is 1. The quantitative estimate of drug-likeness (QED) is 0.310. The number of nitrogens with two attached hydrogens (primary N) is 1. The molecule has 3 aromatic heterocycles. The van der Waals surface area contributed by atoms with Crippen molar-refractivity contribution >= 4 is 28.9 Å². The standard InChI is InChI=1S/C25H16Cl2F2N8O/c26-11-1-4-17(36-9-31-34-35-36)13(7-11)10-5-18-14-8-15(14)23(37(18)19(38)6-10)25-32-22(24(27)33-25)12-2-3-16(30)21(29)20(12)28/h1-7,9,14-15,23H,8,30H2,(H,32,33). The summed E-state index contributed by atoms with van der Waals surface area (Å²) in [7, 11) is 0. The lowest BCUT2D eigenvalue weighted by molar-refractivity contribution is 0.511. The van der Waals surface area contributed by atoms with E-state index in [0.717, 1.165) is 12.1 Å². The largest absolute Gasteiger partial charge is 0.396 e. The van der Waals surface area contributed by atoms with E-state index in [1.165, 1.54) is 29.2 Å². The first kappa shape index (κ1) is 23.1. The Morgan fingerprint density at radius 3 is 2.68 bits per heavy atom. The fourth-order valence-electron chi connectivity index (χ4n) is 5.41. The van der Waals surface area contributed by atoms with E-state index in [-0.39, 0.29) is 39.5 Å². The van der Waals surface area contributed by atoms with Crippen molar-refractivity contribution in [2.24, 2.45) is 5.92 Å². The maximum Gasteiger partial charge on any atom is 0.252 e. The average Bonchev–Trinajstić information content (AvgIpc) is 3.20. The molecular weight excluding hydrogens is 537 g/mol. The molecule has 2 aliphatic rings. The topological polar surface area (TPSA) is 120 Å². The maximum atomic E-state index is 14.6. The molecule has 4 heterocycles. The molecule has 9 nitrogen and oxygen atoms in total. The normalized spacial score (nSPS) is 19.4. The van der Waals surface area contributed by atoms with Crippen LogP contribution in [0, 0.1) is 17.6 Å². The smallest absolute Gasteiger partial charge is 0.252 e. The first-order valence-electron chi connectivity index (χ1n) is 11.6. The summed E-state index contributed by atoms with van der Waals surface area (Å²) in [4.78, 5) is 21.0. The van der Waals surface area contributed by atoms with Crippen LogP contribution in [0.1, 0.15) is 29.9 Å². The molecular formula is C25H16Cl2F2N8O. The highest BCUT2D eigenvalue weighted by Gasteiger charge is 2.54. The van der Waals surface area contributed by atoms with Crippen LogP contribution >= 0.6 is 23.2 Å². The first-order valence-corrected chi connectivity index (χ1v) is 12.4. The van der Waals surface area contributed by atoms with E-state index >= 15 is 0 Å². The van der Waals surface area contributed by atoms with Gasteiger partial charge in [-0.2, -0.15) is 4.68 Å². The average molecular weight is 553 g/mol. The number of pyridine rings is 1. The van der Waals surface area contributed by atoms with Gasteiger partial charge >= 0.3 is 0 Å². The van der Waals surface area contributed by atoms with Gasteiger partial charge in [-0.25, -0.2) is 13.8 Å². The van der Waals surface area contributed by atoms with Gasteiger partial charge in [0.2, 0.25) is 0 Å². The molecule has 0 radical (unpaired) electrons. The minimum atomic E-state index is -1.16. The van der Waals surface area contributed by atoms with Crippen LogP contribution in [0.3, 0.4) is 0 Å². The van der Waals surface area contributed by atoms with Crippen molar-refractivity contribution in [3.63, 3.8) is 0 Å². The number of aromatic amines is 1. The van der Waals surface area contributed by atoms with Gasteiger partial charge in [0.1, 0.15) is 23.0 Å². The first-order chi connectivity index (χ1) is 18.3. The van der Waals surface area contributed by atoms with Crippen LogP contribution in [-0.4, -0.2) is 34.7 Å². The highest BCUT2D eigenvalue weighted by atomic mass is 35.5. The Balaban J connectivity index is 1.33. The minimum Gasteiger partial charge on any atom is -0.396 e. The maximum absolute atomic E-state index is 14.6. The van der Waals surface area contributed by atoms with Crippen molar-refractivity contribution < 1.29 is 8.78 Å². The van der Waals surface area contributed by atoms with Crippen LogP contribution in [0.25, 0.3) is 28.1 Å². The molecule has 3 unspecified atom stereocenters. The van der Waals surface area contributed by atoms with E-state index in [2.05, 4.69) is 25.5 Å². The molecule has 0 bridgehead atoms. The Hall–Kier alpha value is -4.09. The zero-order chi connectivity index (χ0) is 26.3. The lowest BCUT2D eigenvalue weighted by atomic mass is 10.0. The van der Waals surface area contributed by atoms with Crippen molar-refractivity contribution in [3.05, 3.63) is 92.5 Å². The van der Waals surface area contributed by atoms with Gasteiger partial charge in [0.25, 0.3) is 5.56 Å². The number of anilines is 1. The summed E-state index contributed by atoms with van der Waals surface area (Å²) >= 11 is 12.7. The number of nitrogens with one attached hydrogen (secondary N) is 1. The predicted octanol–water partition coefficient (Wildman–Crippen LogP) is 4.75. The summed E-state index contributed by atoms with van der Waals surface area (Å²) in [5.41, 5.74) is 7.76. The number of benzene rings is 2. The van der Waals surface area contributed by atoms with Gasteiger partial charge in [0, 0.05) is 33.8 Å². The van der Waals surface area contributed by atoms with Crippen LogP contribution in [0.5, 0.6) is 0 Å². The van der Waals surface area contributed by atoms with E-state index in [0.29, 0.717) is 27.7 Å². The van der Waals surface area contributed by atoms with Crippen LogP contribution in [-0.2, 0) is 0 Å². The minimum absolute atomic E-state index is 0.0448. The molecule has 0 saturated heterocycles. The molecule has 1 aliphatic carbocycles. The van der Waals surface area contributed by atoms with E-state index in [9.17, 15) is 13.6 Å². The summed E-state index contributed by atoms with van der Waals surface area (Å²) in [5, 5.41) is 11.9. The summed E-state index contributed by atoms with van der Waals surface area (Å²) in [5.74, 6) is -1.65. The van der Waals surface area contributed by atoms with Crippen molar-refractivity contribution in [1.82, 2.24) is 34.7 Å². The summed E-state index contributed by atoms with van der Waals surface area (Å²) in [6.07, 6.45) is 2.31. The van der Waals surface area contributed by atoms with Crippen molar-refractivity contribution in [2.45, 2.75) is 18.4 Å². The van der Waals surface area contributed by atoms with Crippen molar-refractivity contribution in [2.75, 3.05) is 5.73 Å². The SMILES string of the molecule is Nc1ccc(-c2nc(C3C4CC4c4cc(-c5cc(Cl)ccc5-n5cnnn5)cc(=O)n43)[nH]c2Cl)c(F)c1F. The molecule has 7 rings (SSSR count). The molecule has 1 fully saturated rings. The molecule has 2 aromatic carbocycles. The van der Waals surface area contributed by atoms with E-state index in [1.54, 1.807) is 22.8 Å². The number of hydrogen-bond acceptors (Lipinski definition) is 6. The van der Waals surface area contributed by atoms with E-state index in [1.807, 2.05) is 6.07 Å². The van der Waals surface area contributed by atoms with Gasteiger partial charge in [0.05, 0.1) is 17.4 Å². The predicted molar refractivity (Wildman–Crippen MR) is 136 cm³/mol. The zero-order valence-electron chi connectivity index (χ0n) is 19.2. The summed E-state index contributed by atoms with van der Waals surface area (Å²) < 4.78 is 31.9. The summed E-state index contributed by atoms with van der Waals surface area (Å²) in [6.45, 7) is 0. The fourth-order valence-corrected chi connectivity index (χ4v) is 5.82. The Labute approximate surface area is 222 Å². The highest BCUT2D eigenvalue weighted by Crippen LogP contribution is 2.60. The van der Waals surface area contributed by atoms with Gasteiger partial charge in [0.15, 0.2) is 11.6 Å². The second-order valence-electron chi connectivity index (χ2n) is 9.36. The molecule has 13 heteroatoms. The van der Waals surface area contributed by atoms with Gasteiger partial charge in [-0.3, -0.25) is 4.79 Å². The monoisotopic (exact) mass is 552 g/mol. The Kier molecular flexibility index (Phi) is 4.98. The van der Waals surface area contributed by atoms with Crippen molar-refractivity contribution in [3.8, 4) is 28.1 Å². The third kappa shape index (κ3) is 3.38. The molecule has 3 atom stereocenters. The van der Waals surface area contributed by atoms with Crippen molar-refractivity contribution in [1.29, 1.82) is 0 Å². The lowest BCUT2D eigenvalue weighted by Gasteiger charge is -2.17. The van der Waals surface area contributed by atoms with Gasteiger partial charge in [-0.05, 0) is 64.7 Å². The molecule has 38 heavy (non-hydrogen) atoms. The number of rotatable bonds is 4. The molecule has 190 valence electrons. The molecule has 3 N–H and O–H groups in total. The second-order valence-corrected chi connectivity index (χ2v) is 10.2. The number of H-pyrrole nitrogens is 1. The van der Waals surface area contributed by atoms with Gasteiger partial charge in [-0.1, -0.05) is 23.2 Å². The Morgan fingerprint density at radius 1 is 1.05 bits per heavy atom. The van der Waals surface area contributed by atoms with Gasteiger partial charge in [-0.15, -0.1) is 5.10 Å². The molecule has 0 amide bonds.